The lowest BCUT2D eigenvalue weighted by atomic mass is 10.2. The zero-order valence-electron chi connectivity index (χ0n) is 15.4. The highest BCUT2D eigenvalue weighted by Crippen LogP contribution is 2.28. The number of aromatic nitrogens is 2. The van der Waals surface area contributed by atoms with Crippen LogP contribution >= 0.6 is 0 Å². The zero-order valence-corrected chi connectivity index (χ0v) is 15.4. The van der Waals surface area contributed by atoms with Gasteiger partial charge < -0.3 is 24.9 Å². The standard InChI is InChI=1S/C20H18N4O5/c1-28-16-4-2-3-11-7-17(29-18(11)16)20(27)23-15(10-25)19(26)22-13-6-5-12-9-21-24-14(12)8-13/h2-9,15,25H,10H2,1H3,(H,21,24)(H,22,26)(H,23,27). The minimum atomic E-state index is -1.16. The quantitative estimate of drug-likeness (QED) is 0.396. The Balaban J connectivity index is 1.48. The van der Waals surface area contributed by atoms with Crippen LogP contribution in [0, 0.1) is 0 Å². The lowest BCUT2D eigenvalue weighted by molar-refractivity contribution is -0.118. The molecule has 0 aliphatic carbocycles. The molecule has 0 aliphatic rings. The van der Waals surface area contributed by atoms with Crippen molar-refractivity contribution in [2.75, 3.05) is 19.0 Å². The number of aliphatic hydroxyl groups excluding tert-OH is 1. The van der Waals surface area contributed by atoms with Gasteiger partial charge in [0.15, 0.2) is 17.1 Å². The van der Waals surface area contributed by atoms with Crippen LogP contribution in [-0.4, -0.2) is 46.9 Å². The second-order valence-electron chi connectivity index (χ2n) is 6.36. The molecule has 0 fully saturated rings. The number of fused-ring (bicyclic) bond motifs is 2. The van der Waals surface area contributed by atoms with Gasteiger partial charge in [0.05, 0.1) is 25.4 Å². The van der Waals surface area contributed by atoms with Gasteiger partial charge in [-0.25, -0.2) is 0 Å². The number of nitrogens with zero attached hydrogens (tertiary/aromatic N) is 1. The van der Waals surface area contributed by atoms with Crippen LogP contribution in [0.2, 0.25) is 0 Å². The van der Waals surface area contributed by atoms with Crippen molar-refractivity contribution in [3.05, 3.63) is 54.4 Å². The van der Waals surface area contributed by atoms with Crippen LogP contribution in [0.1, 0.15) is 10.6 Å². The number of para-hydroxylation sites is 1. The van der Waals surface area contributed by atoms with Gasteiger partial charge in [-0.1, -0.05) is 12.1 Å². The zero-order chi connectivity index (χ0) is 20.4. The van der Waals surface area contributed by atoms with E-state index in [1.54, 1.807) is 48.7 Å². The number of methoxy groups -OCH3 is 1. The third kappa shape index (κ3) is 3.63. The lowest BCUT2D eigenvalue weighted by Gasteiger charge is -2.15. The average molecular weight is 394 g/mol. The van der Waals surface area contributed by atoms with E-state index in [9.17, 15) is 14.7 Å². The number of nitrogens with one attached hydrogen (secondary N) is 3. The molecular formula is C20H18N4O5. The molecule has 9 heteroatoms. The third-order valence-electron chi connectivity index (χ3n) is 4.47. The van der Waals surface area contributed by atoms with Crippen molar-refractivity contribution in [1.82, 2.24) is 15.5 Å². The molecule has 0 saturated carbocycles. The Labute approximate surface area is 164 Å². The number of rotatable bonds is 6. The van der Waals surface area contributed by atoms with Gasteiger partial charge in [-0.05, 0) is 30.3 Å². The summed E-state index contributed by atoms with van der Waals surface area (Å²) in [5, 5.41) is 23.0. The van der Waals surface area contributed by atoms with Crippen LogP contribution in [-0.2, 0) is 4.79 Å². The van der Waals surface area contributed by atoms with E-state index < -0.39 is 24.5 Å². The predicted molar refractivity (Wildman–Crippen MR) is 106 cm³/mol. The number of aliphatic hydroxyl groups is 1. The first-order valence-corrected chi connectivity index (χ1v) is 8.81. The Kier molecular flexibility index (Phi) is 4.88. The summed E-state index contributed by atoms with van der Waals surface area (Å²) in [7, 11) is 1.50. The summed E-state index contributed by atoms with van der Waals surface area (Å²) in [5.74, 6) is -0.684. The van der Waals surface area contributed by atoms with Crippen molar-refractivity contribution in [1.29, 1.82) is 0 Å². The molecule has 2 heterocycles. The second kappa shape index (κ2) is 7.64. The number of amides is 2. The molecule has 1 unspecified atom stereocenters. The Morgan fingerprint density at radius 1 is 1.24 bits per heavy atom. The fourth-order valence-electron chi connectivity index (χ4n) is 2.98. The Morgan fingerprint density at radius 2 is 2.10 bits per heavy atom. The number of anilines is 1. The summed E-state index contributed by atoms with van der Waals surface area (Å²) in [6.45, 7) is -0.576. The minimum Gasteiger partial charge on any atom is -0.493 e. The number of hydrogen-bond donors (Lipinski definition) is 4. The maximum Gasteiger partial charge on any atom is 0.287 e. The minimum absolute atomic E-state index is 0.00892. The van der Waals surface area contributed by atoms with E-state index in [2.05, 4.69) is 20.8 Å². The summed E-state index contributed by atoms with van der Waals surface area (Å²) in [6, 6.07) is 10.9. The molecular weight excluding hydrogens is 376 g/mol. The van der Waals surface area contributed by atoms with E-state index >= 15 is 0 Å². The summed E-state index contributed by atoms with van der Waals surface area (Å²) >= 11 is 0. The molecule has 2 aromatic carbocycles. The van der Waals surface area contributed by atoms with Crippen LogP contribution in [0.5, 0.6) is 5.75 Å². The largest absolute Gasteiger partial charge is 0.493 e. The number of ether oxygens (including phenoxy) is 1. The van der Waals surface area contributed by atoms with Crippen molar-refractivity contribution < 1.29 is 23.8 Å². The topological polar surface area (TPSA) is 129 Å². The average Bonchev–Trinajstić information content (AvgIpc) is 3.37. The highest BCUT2D eigenvalue weighted by molar-refractivity contribution is 6.02. The predicted octanol–water partition coefficient (Wildman–Crippen LogP) is 2.05. The second-order valence-corrected chi connectivity index (χ2v) is 6.36. The van der Waals surface area contributed by atoms with E-state index in [0.717, 1.165) is 10.9 Å². The van der Waals surface area contributed by atoms with Crippen molar-refractivity contribution in [2.45, 2.75) is 6.04 Å². The Hall–Kier alpha value is -3.85. The van der Waals surface area contributed by atoms with E-state index in [4.69, 9.17) is 9.15 Å². The Morgan fingerprint density at radius 3 is 2.90 bits per heavy atom. The number of benzene rings is 2. The van der Waals surface area contributed by atoms with Gasteiger partial charge in [0.2, 0.25) is 5.91 Å². The smallest absolute Gasteiger partial charge is 0.287 e. The van der Waals surface area contributed by atoms with Gasteiger partial charge >= 0.3 is 0 Å². The monoisotopic (exact) mass is 394 g/mol. The molecule has 29 heavy (non-hydrogen) atoms. The van der Waals surface area contributed by atoms with Gasteiger partial charge in [-0.2, -0.15) is 5.10 Å². The van der Waals surface area contributed by atoms with Crippen LogP contribution < -0.4 is 15.4 Å². The summed E-state index contributed by atoms with van der Waals surface area (Å²) in [6.07, 6.45) is 1.67. The molecule has 4 rings (SSSR count). The molecule has 0 aliphatic heterocycles. The number of H-pyrrole nitrogens is 1. The van der Waals surface area contributed by atoms with Crippen LogP contribution in [0.4, 0.5) is 5.69 Å². The number of hydrogen-bond acceptors (Lipinski definition) is 6. The van der Waals surface area contributed by atoms with E-state index in [-0.39, 0.29) is 5.76 Å². The molecule has 0 saturated heterocycles. The van der Waals surface area contributed by atoms with Crippen LogP contribution in [0.15, 0.2) is 53.1 Å². The molecule has 0 radical (unpaired) electrons. The van der Waals surface area contributed by atoms with Crippen LogP contribution in [0.25, 0.3) is 21.9 Å². The third-order valence-corrected chi connectivity index (χ3v) is 4.47. The van der Waals surface area contributed by atoms with Gasteiger partial charge in [0.1, 0.15) is 6.04 Å². The molecule has 4 N–H and O–H groups in total. The van der Waals surface area contributed by atoms with Crippen molar-refractivity contribution >= 4 is 39.4 Å². The molecule has 2 amide bonds. The first-order chi connectivity index (χ1) is 14.1. The first-order valence-electron chi connectivity index (χ1n) is 8.81. The van der Waals surface area contributed by atoms with Gasteiger partial charge in [-0.3, -0.25) is 14.7 Å². The van der Waals surface area contributed by atoms with Crippen molar-refractivity contribution in [3.8, 4) is 5.75 Å². The van der Waals surface area contributed by atoms with E-state index in [1.165, 1.54) is 7.11 Å². The molecule has 148 valence electrons. The van der Waals surface area contributed by atoms with Gasteiger partial charge in [0, 0.05) is 16.5 Å². The molecule has 0 bridgehead atoms. The fraction of sp³-hybridized carbons (Fsp3) is 0.150. The van der Waals surface area contributed by atoms with E-state index in [1.807, 2.05) is 0 Å². The molecule has 4 aromatic rings. The van der Waals surface area contributed by atoms with Gasteiger partial charge in [0.25, 0.3) is 5.91 Å². The highest BCUT2D eigenvalue weighted by atomic mass is 16.5. The molecule has 9 nitrogen and oxygen atoms in total. The van der Waals surface area contributed by atoms with Crippen LogP contribution in [0.3, 0.4) is 0 Å². The number of carbonyl (C=O) groups excluding carboxylic acids is 2. The SMILES string of the molecule is COc1cccc2cc(C(=O)NC(CO)C(=O)Nc3ccc4cn[nH]c4c3)oc12. The highest BCUT2D eigenvalue weighted by Gasteiger charge is 2.23. The molecule has 0 spiro atoms. The summed E-state index contributed by atoms with van der Waals surface area (Å²) in [5.41, 5.74) is 1.69. The van der Waals surface area contributed by atoms with E-state index in [0.29, 0.717) is 22.4 Å². The van der Waals surface area contributed by atoms with Gasteiger partial charge in [-0.15, -0.1) is 0 Å². The maximum atomic E-state index is 12.5. The molecule has 2 aromatic heterocycles. The fourth-order valence-corrected chi connectivity index (χ4v) is 2.98. The summed E-state index contributed by atoms with van der Waals surface area (Å²) in [4.78, 5) is 25.0. The normalized spacial score (nSPS) is 12.1. The number of aromatic amines is 1. The molecule has 1 atom stereocenters. The summed E-state index contributed by atoms with van der Waals surface area (Å²) < 4.78 is 10.8. The first kappa shape index (κ1) is 18.5. The lowest BCUT2D eigenvalue weighted by Crippen LogP contribution is -2.46. The number of furan rings is 1. The van der Waals surface area contributed by atoms with Crippen molar-refractivity contribution in [3.63, 3.8) is 0 Å². The number of carbonyl (C=O) groups is 2. The van der Waals surface area contributed by atoms with Crippen molar-refractivity contribution in [2.24, 2.45) is 0 Å². The maximum absolute atomic E-state index is 12.5. The Bertz CT molecular complexity index is 1200.